The van der Waals surface area contributed by atoms with Gasteiger partial charge in [0.15, 0.2) is 0 Å². The zero-order valence-electron chi connectivity index (χ0n) is 15.0. The van der Waals surface area contributed by atoms with E-state index in [9.17, 15) is 9.59 Å². The van der Waals surface area contributed by atoms with Crippen LogP contribution in [-0.4, -0.2) is 17.4 Å². The summed E-state index contributed by atoms with van der Waals surface area (Å²) in [5, 5.41) is 5.75. The van der Waals surface area contributed by atoms with Crippen LogP contribution in [0.4, 0.5) is 5.00 Å². The molecule has 0 aliphatic carbocycles. The second-order valence-corrected chi connectivity index (χ2v) is 8.85. The Bertz CT molecular complexity index is 838. The second-order valence-electron chi connectivity index (χ2n) is 7.83. The third kappa shape index (κ3) is 3.32. The molecule has 0 unspecified atom stereocenters. The number of fused-ring (bicyclic) bond motifs is 1. The van der Waals surface area contributed by atoms with Crippen LogP contribution < -0.4 is 16.4 Å². The highest BCUT2D eigenvalue weighted by Gasteiger charge is 2.45. The molecule has 1 aliphatic rings. The van der Waals surface area contributed by atoms with E-state index in [-0.39, 0.29) is 17.0 Å². The van der Waals surface area contributed by atoms with Crippen LogP contribution in [0.1, 0.15) is 58.9 Å². The van der Waals surface area contributed by atoms with Crippen molar-refractivity contribution in [3.8, 4) is 0 Å². The predicted octanol–water partition coefficient (Wildman–Crippen LogP) is 2.23. The lowest BCUT2D eigenvalue weighted by molar-refractivity contribution is -0.789. The van der Waals surface area contributed by atoms with Gasteiger partial charge in [-0.1, -0.05) is 18.2 Å². The van der Waals surface area contributed by atoms with E-state index >= 15 is 0 Å². The highest BCUT2D eigenvalue weighted by molar-refractivity contribution is 7.17. The minimum absolute atomic E-state index is 0.0392. The molecule has 1 aliphatic heterocycles. The van der Waals surface area contributed by atoms with Crippen molar-refractivity contribution in [2.75, 3.05) is 5.32 Å². The molecule has 1 aromatic carbocycles. The van der Waals surface area contributed by atoms with Crippen LogP contribution in [0.2, 0.25) is 0 Å². The first kappa shape index (κ1) is 17.6. The summed E-state index contributed by atoms with van der Waals surface area (Å²) in [6, 6.07) is 8.96. The van der Waals surface area contributed by atoms with Gasteiger partial charge in [0, 0.05) is 12.0 Å². The van der Waals surface area contributed by atoms with E-state index in [1.54, 1.807) is 12.1 Å². The smallest absolute Gasteiger partial charge is 0.256 e. The second kappa shape index (κ2) is 5.97. The Morgan fingerprint density at radius 3 is 2.40 bits per heavy atom. The maximum absolute atomic E-state index is 12.5. The molecule has 2 aromatic rings. The van der Waals surface area contributed by atoms with Crippen molar-refractivity contribution in [2.24, 2.45) is 5.73 Å². The third-order valence-corrected chi connectivity index (χ3v) is 5.97. The van der Waals surface area contributed by atoms with E-state index in [2.05, 4.69) is 38.3 Å². The highest BCUT2D eigenvalue weighted by Crippen LogP contribution is 2.42. The summed E-state index contributed by atoms with van der Waals surface area (Å²) in [6.07, 6.45) is 0.738. The fraction of sp³-hybridized carbons (Fsp3) is 0.368. The van der Waals surface area contributed by atoms with Gasteiger partial charge in [0.25, 0.3) is 11.8 Å². The van der Waals surface area contributed by atoms with Crippen LogP contribution in [0, 0.1) is 0 Å². The Hall–Kier alpha value is -2.18. The summed E-state index contributed by atoms with van der Waals surface area (Å²) in [4.78, 5) is 25.8. The number of hydrogen-bond acceptors (Lipinski definition) is 3. The molecule has 132 valence electrons. The van der Waals surface area contributed by atoms with Crippen molar-refractivity contribution in [3.05, 3.63) is 51.9 Å². The van der Waals surface area contributed by atoms with E-state index in [0.717, 1.165) is 16.9 Å². The lowest BCUT2D eigenvalue weighted by atomic mass is 9.81. The molecule has 6 heteroatoms. The molecule has 3 rings (SSSR count). The van der Waals surface area contributed by atoms with Crippen molar-refractivity contribution in [2.45, 2.75) is 45.2 Å². The van der Waals surface area contributed by atoms with Crippen molar-refractivity contribution >= 4 is 28.2 Å². The van der Waals surface area contributed by atoms with Crippen molar-refractivity contribution in [1.82, 2.24) is 0 Å². The number of nitrogens with one attached hydrogen (secondary N) is 1. The number of quaternary nitrogens is 1. The molecule has 0 atom stereocenters. The quantitative estimate of drug-likeness (QED) is 0.785. The highest BCUT2D eigenvalue weighted by atomic mass is 32.1. The summed E-state index contributed by atoms with van der Waals surface area (Å²) in [5.41, 5.74) is 7.44. The van der Waals surface area contributed by atoms with Crippen LogP contribution in [0.15, 0.2) is 30.3 Å². The molecule has 0 saturated heterocycles. The summed E-state index contributed by atoms with van der Waals surface area (Å²) >= 11 is 1.46. The Morgan fingerprint density at radius 1 is 1.16 bits per heavy atom. The van der Waals surface area contributed by atoms with E-state index in [4.69, 9.17) is 5.73 Å². The van der Waals surface area contributed by atoms with Crippen LogP contribution in [0.5, 0.6) is 0 Å². The number of rotatable bonds is 3. The van der Waals surface area contributed by atoms with E-state index in [0.29, 0.717) is 16.1 Å². The average molecular weight is 358 g/mol. The van der Waals surface area contributed by atoms with Gasteiger partial charge in [0.05, 0.1) is 16.0 Å². The predicted molar refractivity (Wildman–Crippen MR) is 100.0 cm³/mol. The topological polar surface area (TPSA) is 88.8 Å². The number of carbonyl (C=O) groups is 2. The molecule has 0 bridgehead atoms. The largest absolute Gasteiger partial charge is 0.365 e. The van der Waals surface area contributed by atoms with Crippen LogP contribution in [0.3, 0.4) is 0 Å². The van der Waals surface area contributed by atoms with Gasteiger partial charge in [-0.25, -0.2) is 0 Å². The number of anilines is 1. The van der Waals surface area contributed by atoms with Crippen molar-refractivity contribution in [3.63, 3.8) is 0 Å². The van der Waals surface area contributed by atoms with Crippen molar-refractivity contribution in [1.29, 1.82) is 0 Å². The normalized spacial score (nSPS) is 17.6. The number of thiophene rings is 1. The summed E-state index contributed by atoms with van der Waals surface area (Å²) < 4.78 is 0. The van der Waals surface area contributed by atoms with Crippen LogP contribution in [0.25, 0.3) is 0 Å². The molecule has 0 saturated carbocycles. The number of amides is 2. The van der Waals surface area contributed by atoms with E-state index in [1.807, 2.05) is 18.2 Å². The number of benzene rings is 1. The zero-order valence-corrected chi connectivity index (χ0v) is 15.8. The summed E-state index contributed by atoms with van der Waals surface area (Å²) in [5.74, 6) is -0.725. The minimum atomic E-state index is -0.491. The van der Waals surface area contributed by atoms with Gasteiger partial charge in [0.1, 0.15) is 10.5 Å². The molecule has 2 heterocycles. The van der Waals surface area contributed by atoms with E-state index in [1.165, 1.54) is 11.3 Å². The van der Waals surface area contributed by atoms with Gasteiger partial charge in [0.2, 0.25) is 0 Å². The van der Waals surface area contributed by atoms with Gasteiger partial charge in [-0.05, 0) is 45.4 Å². The number of hydrogen-bond donors (Lipinski definition) is 3. The Morgan fingerprint density at radius 2 is 1.80 bits per heavy atom. The molecule has 1 aromatic heterocycles. The summed E-state index contributed by atoms with van der Waals surface area (Å²) in [7, 11) is 0. The van der Waals surface area contributed by atoms with Gasteiger partial charge in [-0.15, -0.1) is 11.3 Å². The lowest BCUT2D eigenvalue weighted by Gasteiger charge is -2.38. The Labute approximate surface area is 151 Å². The fourth-order valence-electron chi connectivity index (χ4n) is 3.82. The zero-order chi connectivity index (χ0) is 18.4. The standard InChI is InChI=1S/C19H23N3O2S/c1-18(2)10-12-13(15(20)23)17(25-14(12)19(3,4)22-18)21-16(24)11-8-6-5-7-9-11/h5-9,22H,10H2,1-4H3,(H2,20,23)(H,21,24)/p+1. The molecule has 0 spiro atoms. The first-order valence-corrected chi connectivity index (χ1v) is 9.12. The maximum atomic E-state index is 12.5. The first-order valence-electron chi connectivity index (χ1n) is 8.30. The summed E-state index contributed by atoms with van der Waals surface area (Å²) in [6.45, 7) is 8.58. The lowest BCUT2D eigenvalue weighted by Crippen LogP contribution is -3.03. The third-order valence-electron chi connectivity index (χ3n) is 4.49. The average Bonchev–Trinajstić information content (AvgIpc) is 2.85. The molecule has 5 nitrogen and oxygen atoms in total. The number of primary amides is 1. The SMILES string of the molecule is CC1(C)Cc2c(sc(NC(=O)c3ccccc3)c2C(N)=O)C(C)(C)[NH2+]1. The molecule has 0 radical (unpaired) electrons. The number of carbonyl (C=O) groups excluding carboxylic acids is 2. The number of nitrogens with two attached hydrogens (primary N) is 2. The molecular weight excluding hydrogens is 334 g/mol. The minimum Gasteiger partial charge on any atom is -0.365 e. The molecular formula is C19H24N3O2S+. The first-order chi connectivity index (χ1) is 11.6. The van der Waals surface area contributed by atoms with Gasteiger partial charge < -0.3 is 16.4 Å². The molecule has 25 heavy (non-hydrogen) atoms. The van der Waals surface area contributed by atoms with E-state index < -0.39 is 5.91 Å². The van der Waals surface area contributed by atoms with Crippen molar-refractivity contribution < 1.29 is 14.9 Å². The van der Waals surface area contributed by atoms with Gasteiger partial charge >= 0.3 is 0 Å². The Balaban J connectivity index is 2.06. The van der Waals surface area contributed by atoms with Crippen LogP contribution in [-0.2, 0) is 12.0 Å². The monoisotopic (exact) mass is 358 g/mol. The fourth-order valence-corrected chi connectivity index (χ4v) is 5.11. The maximum Gasteiger partial charge on any atom is 0.256 e. The Kier molecular flexibility index (Phi) is 4.21. The van der Waals surface area contributed by atoms with Crippen LogP contribution >= 0.6 is 11.3 Å². The molecule has 5 N–H and O–H groups in total. The van der Waals surface area contributed by atoms with Gasteiger partial charge in [-0.2, -0.15) is 0 Å². The molecule has 2 amide bonds. The van der Waals surface area contributed by atoms with Gasteiger partial charge in [-0.3, -0.25) is 9.59 Å². The molecule has 0 fully saturated rings.